The Kier molecular flexibility index (Phi) is 4.80. The number of carbonyl (C=O) groups is 1. The van der Waals surface area contributed by atoms with Gasteiger partial charge >= 0.3 is 0 Å². The van der Waals surface area contributed by atoms with Crippen LogP contribution in [0.1, 0.15) is 28.9 Å². The van der Waals surface area contributed by atoms with Gasteiger partial charge in [-0.15, -0.1) is 0 Å². The van der Waals surface area contributed by atoms with Crippen LogP contribution in [-0.2, 0) is 0 Å². The third-order valence-electron chi connectivity index (χ3n) is 3.46. The number of rotatable bonds is 6. The van der Waals surface area contributed by atoms with Gasteiger partial charge in [0.05, 0.1) is 18.1 Å². The monoisotopic (exact) mass is 315 g/mol. The van der Waals surface area contributed by atoms with Crippen molar-refractivity contribution in [3.05, 3.63) is 63.7 Å². The van der Waals surface area contributed by atoms with Crippen LogP contribution in [0.4, 0.5) is 11.4 Å². The maximum atomic E-state index is 11.2. The first kappa shape index (κ1) is 16.3. The van der Waals surface area contributed by atoms with E-state index < -0.39 is 10.8 Å². The lowest BCUT2D eigenvalue weighted by Crippen LogP contribution is -2.13. The average Bonchev–Trinajstić information content (AvgIpc) is 2.54. The number of carbonyl (C=O) groups excluding carboxylic acids is 1. The molecule has 3 N–H and O–H groups in total. The second kappa shape index (κ2) is 6.78. The molecule has 7 nitrogen and oxygen atoms in total. The van der Waals surface area contributed by atoms with Gasteiger partial charge in [0.15, 0.2) is 0 Å². The van der Waals surface area contributed by atoms with Gasteiger partial charge in [0.1, 0.15) is 11.4 Å². The van der Waals surface area contributed by atoms with E-state index in [4.69, 9.17) is 10.5 Å². The lowest BCUT2D eigenvalue weighted by molar-refractivity contribution is -0.384. The quantitative estimate of drug-likeness (QED) is 0.629. The first-order chi connectivity index (χ1) is 10.9. The fourth-order valence-corrected chi connectivity index (χ4v) is 2.29. The zero-order valence-electron chi connectivity index (χ0n) is 12.8. The summed E-state index contributed by atoms with van der Waals surface area (Å²) in [5.41, 5.74) is 6.22. The summed E-state index contributed by atoms with van der Waals surface area (Å²) in [6.45, 7) is 1.86. The standard InChI is InChI=1S/C16H17N3O4/c1-10(12-5-3-4-6-15(12)23-2)18-13-8-7-11(16(17)20)9-14(13)19(21)22/h3-10,18H,1-2H3,(H2,17,20)/t10-/m0/s1. The minimum absolute atomic E-state index is 0.0900. The molecule has 120 valence electrons. The number of primary amides is 1. The number of hydrogen-bond acceptors (Lipinski definition) is 5. The van der Waals surface area contributed by atoms with Crippen LogP contribution in [0.25, 0.3) is 0 Å². The van der Waals surface area contributed by atoms with Crippen molar-refractivity contribution in [3.63, 3.8) is 0 Å². The van der Waals surface area contributed by atoms with Gasteiger partial charge in [0, 0.05) is 17.2 Å². The molecule has 1 amide bonds. The molecule has 0 aliphatic carbocycles. The molecule has 0 radical (unpaired) electrons. The summed E-state index contributed by atoms with van der Waals surface area (Å²) in [4.78, 5) is 21.9. The number of nitro groups is 1. The van der Waals surface area contributed by atoms with Crippen LogP contribution in [0.2, 0.25) is 0 Å². The summed E-state index contributed by atoms with van der Waals surface area (Å²) in [6.07, 6.45) is 0. The summed E-state index contributed by atoms with van der Waals surface area (Å²) in [7, 11) is 1.57. The van der Waals surface area contributed by atoms with Crippen LogP contribution < -0.4 is 15.8 Å². The van der Waals surface area contributed by atoms with E-state index in [9.17, 15) is 14.9 Å². The predicted octanol–water partition coefficient (Wildman–Crippen LogP) is 2.88. The molecule has 0 unspecified atom stereocenters. The number of nitrogens with two attached hydrogens (primary N) is 1. The Morgan fingerprint density at radius 3 is 2.61 bits per heavy atom. The number of nitrogens with zero attached hydrogens (tertiary/aromatic N) is 1. The van der Waals surface area contributed by atoms with E-state index in [1.54, 1.807) is 7.11 Å². The van der Waals surface area contributed by atoms with E-state index in [-0.39, 0.29) is 17.3 Å². The molecule has 2 rings (SSSR count). The molecule has 23 heavy (non-hydrogen) atoms. The summed E-state index contributed by atoms with van der Waals surface area (Å²) < 4.78 is 5.30. The Morgan fingerprint density at radius 2 is 2.00 bits per heavy atom. The van der Waals surface area contributed by atoms with Gasteiger partial charge in [-0.2, -0.15) is 0 Å². The average molecular weight is 315 g/mol. The predicted molar refractivity (Wildman–Crippen MR) is 86.6 cm³/mol. The lowest BCUT2D eigenvalue weighted by atomic mass is 10.1. The SMILES string of the molecule is COc1ccccc1[C@H](C)Nc1ccc(C(N)=O)cc1[N+](=O)[O-]. The van der Waals surface area contributed by atoms with E-state index in [2.05, 4.69) is 5.32 Å². The number of benzene rings is 2. The van der Waals surface area contributed by atoms with Gasteiger partial charge in [-0.1, -0.05) is 18.2 Å². The highest BCUT2D eigenvalue weighted by Gasteiger charge is 2.19. The Morgan fingerprint density at radius 1 is 1.30 bits per heavy atom. The molecule has 0 saturated heterocycles. The number of anilines is 1. The van der Waals surface area contributed by atoms with E-state index >= 15 is 0 Å². The van der Waals surface area contributed by atoms with Crippen LogP contribution >= 0.6 is 0 Å². The Hall–Kier alpha value is -3.09. The summed E-state index contributed by atoms with van der Waals surface area (Å²) in [6, 6.07) is 11.3. The van der Waals surface area contributed by atoms with Crippen LogP contribution in [-0.4, -0.2) is 17.9 Å². The Balaban J connectivity index is 2.35. The minimum Gasteiger partial charge on any atom is -0.496 e. The Bertz CT molecular complexity index is 746. The molecule has 0 aliphatic rings. The molecule has 1 atom stereocenters. The lowest BCUT2D eigenvalue weighted by Gasteiger charge is -2.18. The summed E-state index contributed by atoms with van der Waals surface area (Å²) in [5.74, 6) is -0.0265. The maximum Gasteiger partial charge on any atom is 0.293 e. The highest BCUT2D eigenvalue weighted by atomic mass is 16.6. The van der Waals surface area contributed by atoms with Crippen LogP contribution in [0.3, 0.4) is 0 Å². The van der Waals surface area contributed by atoms with E-state index in [0.29, 0.717) is 11.4 Å². The number of nitrogens with one attached hydrogen (secondary N) is 1. The molecule has 0 saturated carbocycles. The van der Waals surface area contributed by atoms with Gasteiger partial charge in [-0.3, -0.25) is 14.9 Å². The second-order valence-electron chi connectivity index (χ2n) is 4.96. The Labute approximate surface area is 133 Å². The van der Waals surface area contributed by atoms with E-state index in [1.165, 1.54) is 18.2 Å². The maximum absolute atomic E-state index is 11.2. The molecule has 2 aromatic rings. The smallest absolute Gasteiger partial charge is 0.293 e. The van der Waals surface area contributed by atoms with Gasteiger partial charge in [-0.05, 0) is 25.1 Å². The third-order valence-corrected chi connectivity index (χ3v) is 3.46. The first-order valence-electron chi connectivity index (χ1n) is 6.91. The van der Waals surface area contributed by atoms with Crippen molar-refractivity contribution in [1.82, 2.24) is 0 Å². The largest absolute Gasteiger partial charge is 0.496 e. The minimum atomic E-state index is -0.711. The van der Waals surface area contributed by atoms with Crippen molar-refractivity contribution in [2.45, 2.75) is 13.0 Å². The fourth-order valence-electron chi connectivity index (χ4n) is 2.29. The van der Waals surface area contributed by atoms with E-state index in [0.717, 1.165) is 5.56 Å². The number of ether oxygens (including phenoxy) is 1. The van der Waals surface area contributed by atoms with Crippen molar-refractivity contribution in [1.29, 1.82) is 0 Å². The van der Waals surface area contributed by atoms with Gasteiger partial charge in [0.25, 0.3) is 5.69 Å². The molecule has 0 bridgehead atoms. The van der Waals surface area contributed by atoms with Crippen LogP contribution in [0, 0.1) is 10.1 Å². The molecule has 0 aliphatic heterocycles. The summed E-state index contributed by atoms with van der Waals surface area (Å²) in [5, 5.41) is 14.3. The van der Waals surface area contributed by atoms with Crippen LogP contribution in [0.15, 0.2) is 42.5 Å². The molecule has 0 fully saturated rings. The molecular formula is C16H17N3O4. The van der Waals surface area contributed by atoms with Gasteiger partial charge in [-0.25, -0.2) is 0 Å². The van der Waals surface area contributed by atoms with Crippen molar-refractivity contribution >= 4 is 17.3 Å². The highest BCUT2D eigenvalue weighted by molar-refractivity contribution is 5.94. The second-order valence-corrected chi connectivity index (χ2v) is 4.96. The summed E-state index contributed by atoms with van der Waals surface area (Å²) >= 11 is 0. The first-order valence-corrected chi connectivity index (χ1v) is 6.91. The molecule has 7 heteroatoms. The van der Waals surface area contributed by atoms with Gasteiger partial charge < -0.3 is 15.8 Å². The third kappa shape index (κ3) is 3.57. The van der Waals surface area contributed by atoms with Crippen molar-refractivity contribution < 1.29 is 14.5 Å². The molecular weight excluding hydrogens is 298 g/mol. The normalized spacial score (nSPS) is 11.6. The van der Waals surface area contributed by atoms with Gasteiger partial charge in [0.2, 0.25) is 5.91 Å². The van der Waals surface area contributed by atoms with Crippen LogP contribution in [0.5, 0.6) is 5.75 Å². The topological polar surface area (TPSA) is 107 Å². The number of methoxy groups -OCH3 is 1. The number of amides is 1. The number of nitro benzene ring substituents is 1. The van der Waals surface area contributed by atoms with E-state index in [1.807, 2.05) is 31.2 Å². The fraction of sp³-hybridized carbons (Fsp3) is 0.188. The molecule has 0 spiro atoms. The number of para-hydroxylation sites is 1. The zero-order valence-corrected chi connectivity index (χ0v) is 12.8. The number of hydrogen-bond donors (Lipinski definition) is 2. The van der Waals surface area contributed by atoms with Crippen molar-refractivity contribution in [2.24, 2.45) is 5.73 Å². The molecule has 2 aromatic carbocycles. The molecule has 0 aromatic heterocycles. The highest BCUT2D eigenvalue weighted by Crippen LogP contribution is 2.32. The van der Waals surface area contributed by atoms with Crippen molar-refractivity contribution in [3.8, 4) is 5.75 Å². The van der Waals surface area contributed by atoms with Crippen molar-refractivity contribution in [2.75, 3.05) is 12.4 Å². The zero-order chi connectivity index (χ0) is 17.0. The molecule has 0 heterocycles.